The molecule has 1 aliphatic rings. The van der Waals surface area contributed by atoms with Crippen molar-refractivity contribution in [3.05, 3.63) is 62.1 Å². The Bertz CT molecular complexity index is 997. The summed E-state index contributed by atoms with van der Waals surface area (Å²) >= 11 is 4.90. The molecule has 1 fully saturated rings. The van der Waals surface area contributed by atoms with Gasteiger partial charge in [0, 0.05) is 34.0 Å². The second-order valence-electron chi connectivity index (χ2n) is 5.93. The monoisotopic (exact) mass is 472 g/mol. The molecule has 0 radical (unpaired) electrons. The van der Waals surface area contributed by atoms with Crippen LogP contribution in [-0.2, 0) is 10.0 Å². The van der Waals surface area contributed by atoms with Crippen molar-refractivity contribution in [1.29, 1.82) is 0 Å². The van der Waals surface area contributed by atoms with E-state index in [4.69, 9.17) is 4.74 Å². The summed E-state index contributed by atoms with van der Waals surface area (Å²) in [6.45, 7) is 1.89. The topological polar surface area (TPSA) is 89.8 Å². The summed E-state index contributed by atoms with van der Waals surface area (Å²) in [5.41, 5.74) is 0.944. The van der Waals surface area contributed by atoms with Gasteiger partial charge in [-0.2, -0.15) is 4.31 Å². The number of nitro groups is 1. The molecule has 144 valence electrons. The fourth-order valence-electron chi connectivity index (χ4n) is 2.93. The van der Waals surface area contributed by atoms with E-state index in [1.54, 1.807) is 13.0 Å². The highest BCUT2D eigenvalue weighted by atomic mass is 79.9. The number of ether oxygens (including phenoxy) is 1. The number of methoxy groups -OCH3 is 1. The molecular weight excluding hydrogens is 456 g/mol. The third-order valence-corrected chi connectivity index (χ3v) is 8.02. The molecule has 7 nitrogen and oxygen atoms in total. The predicted octanol–water partition coefficient (Wildman–Crippen LogP) is 4.11. The maximum atomic E-state index is 13.2. The van der Waals surface area contributed by atoms with Gasteiger partial charge in [0.05, 0.1) is 22.3 Å². The highest BCUT2D eigenvalue weighted by Gasteiger charge is 2.39. The molecule has 0 bridgehead atoms. The van der Waals surface area contributed by atoms with E-state index in [2.05, 4.69) is 15.9 Å². The second-order valence-corrected chi connectivity index (χ2v) is 9.92. The van der Waals surface area contributed by atoms with E-state index < -0.39 is 20.3 Å². The highest BCUT2D eigenvalue weighted by molar-refractivity contribution is 9.10. The van der Waals surface area contributed by atoms with Crippen LogP contribution < -0.4 is 4.74 Å². The van der Waals surface area contributed by atoms with Crippen LogP contribution in [-0.4, -0.2) is 37.1 Å². The van der Waals surface area contributed by atoms with Crippen LogP contribution >= 0.6 is 27.7 Å². The lowest BCUT2D eigenvalue weighted by Gasteiger charge is -2.25. The zero-order chi connectivity index (χ0) is 19.8. The summed E-state index contributed by atoms with van der Waals surface area (Å²) in [4.78, 5) is 10.6. The number of hydrogen-bond donors (Lipinski definition) is 0. The number of halogens is 1. The Morgan fingerprint density at radius 1 is 1.30 bits per heavy atom. The summed E-state index contributed by atoms with van der Waals surface area (Å²) in [6, 6.07) is 9.44. The van der Waals surface area contributed by atoms with Crippen molar-refractivity contribution in [1.82, 2.24) is 4.31 Å². The molecule has 0 N–H and O–H groups in total. The van der Waals surface area contributed by atoms with Crippen LogP contribution in [0.15, 0.2) is 45.8 Å². The quantitative estimate of drug-likeness (QED) is 0.480. The van der Waals surface area contributed by atoms with Gasteiger partial charge in [-0.15, -0.1) is 11.8 Å². The molecule has 2 aromatic carbocycles. The zero-order valence-corrected chi connectivity index (χ0v) is 17.8. The number of aryl methyl sites for hydroxylation is 1. The van der Waals surface area contributed by atoms with Crippen molar-refractivity contribution in [3.63, 3.8) is 0 Å². The second kappa shape index (κ2) is 7.78. The van der Waals surface area contributed by atoms with Crippen LogP contribution in [0.4, 0.5) is 5.69 Å². The fourth-order valence-corrected chi connectivity index (χ4v) is 6.57. The van der Waals surface area contributed by atoms with E-state index in [1.807, 2.05) is 12.1 Å². The molecule has 0 unspecified atom stereocenters. The summed E-state index contributed by atoms with van der Waals surface area (Å²) in [6.07, 6.45) is 0. The molecular formula is C17H17BrN2O5S2. The SMILES string of the molecule is COc1ccc(Br)cc1[C@@H]1SCCN1S(=O)(=O)c1ccc(C)c([N+](=O)[O-])c1. The maximum absolute atomic E-state index is 13.2. The van der Waals surface area contributed by atoms with E-state index >= 15 is 0 Å². The third kappa shape index (κ3) is 3.84. The van der Waals surface area contributed by atoms with E-state index in [1.165, 1.54) is 35.3 Å². The summed E-state index contributed by atoms with van der Waals surface area (Å²) < 4.78 is 34.0. The Balaban J connectivity index is 2.06. The smallest absolute Gasteiger partial charge is 0.273 e. The van der Waals surface area contributed by atoms with Gasteiger partial charge < -0.3 is 4.74 Å². The number of benzene rings is 2. The number of rotatable bonds is 5. The molecule has 2 aromatic rings. The van der Waals surface area contributed by atoms with Gasteiger partial charge in [0.1, 0.15) is 5.75 Å². The Morgan fingerprint density at radius 3 is 2.70 bits per heavy atom. The van der Waals surface area contributed by atoms with Crippen LogP contribution in [0.25, 0.3) is 0 Å². The lowest BCUT2D eigenvalue weighted by atomic mass is 10.2. The van der Waals surface area contributed by atoms with Gasteiger partial charge in [0.2, 0.25) is 10.0 Å². The maximum Gasteiger partial charge on any atom is 0.273 e. The highest BCUT2D eigenvalue weighted by Crippen LogP contribution is 2.45. The lowest BCUT2D eigenvalue weighted by molar-refractivity contribution is -0.385. The van der Waals surface area contributed by atoms with Crippen LogP contribution in [0.5, 0.6) is 5.75 Å². The molecule has 0 spiro atoms. The molecule has 0 saturated carbocycles. The van der Waals surface area contributed by atoms with Crippen LogP contribution in [0, 0.1) is 17.0 Å². The van der Waals surface area contributed by atoms with Crippen molar-refractivity contribution < 1.29 is 18.1 Å². The standard InChI is InChI=1S/C17H17BrN2O5S2/c1-11-3-5-13(10-15(11)20(21)22)27(23,24)19-7-8-26-17(19)14-9-12(18)4-6-16(14)25-2/h3-6,9-10,17H,7-8H2,1-2H3/t17-/m0/s1. The van der Waals surface area contributed by atoms with Crippen molar-refractivity contribution in [2.24, 2.45) is 0 Å². The number of hydrogen-bond acceptors (Lipinski definition) is 6. The van der Waals surface area contributed by atoms with E-state index in [0.29, 0.717) is 23.6 Å². The van der Waals surface area contributed by atoms with E-state index in [0.717, 1.165) is 16.1 Å². The molecule has 1 aliphatic heterocycles. The number of thioether (sulfide) groups is 1. The van der Waals surface area contributed by atoms with E-state index in [9.17, 15) is 18.5 Å². The Morgan fingerprint density at radius 2 is 2.04 bits per heavy atom. The first-order valence-corrected chi connectivity index (χ1v) is 11.3. The molecule has 0 aliphatic carbocycles. The van der Waals surface area contributed by atoms with Crippen molar-refractivity contribution in [3.8, 4) is 5.75 Å². The first-order chi connectivity index (χ1) is 12.8. The summed E-state index contributed by atoms with van der Waals surface area (Å²) in [5.74, 6) is 1.21. The average Bonchev–Trinajstić information content (AvgIpc) is 3.12. The van der Waals surface area contributed by atoms with Gasteiger partial charge in [-0.1, -0.05) is 22.0 Å². The molecule has 1 atom stereocenters. The van der Waals surface area contributed by atoms with Gasteiger partial charge in [-0.3, -0.25) is 10.1 Å². The minimum absolute atomic E-state index is 0.0822. The van der Waals surface area contributed by atoms with Crippen molar-refractivity contribution in [2.75, 3.05) is 19.4 Å². The van der Waals surface area contributed by atoms with Gasteiger partial charge in [0.25, 0.3) is 5.69 Å². The molecule has 1 saturated heterocycles. The van der Waals surface area contributed by atoms with Gasteiger partial charge >= 0.3 is 0 Å². The minimum Gasteiger partial charge on any atom is -0.496 e. The Kier molecular flexibility index (Phi) is 5.80. The Hall–Kier alpha value is -1.62. The number of nitro benzene ring substituents is 1. The molecule has 3 rings (SSSR count). The van der Waals surface area contributed by atoms with Crippen LogP contribution in [0.3, 0.4) is 0 Å². The lowest BCUT2D eigenvalue weighted by Crippen LogP contribution is -2.30. The molecule has 10 heteroatoms. The Labute approximate surface area is 170 Å². The number of nitrogens with zero attached hydrogens (tertiary/aromatic N) is 2. The summed E-state index contributed by atoms with van der Waals surface area (Å²) in [7, 11) is -2.37. The van der Waals surface area contributed by atoms with Crippen LogP contribution in [0.2, 0.25) is 0 Å². The van der Waals surface area contributed by atoms with Gasteiger partial charge in [-0.25, -0.2) is 8.42 Å². The van der Waals surface area contributed by atoms with Crippen molar-refractivity contribution in [2.45, 2.75) is 17.2 Å². The largest absolute Gasteiger partial charge is 0.496 e. The minimum atomic E-state index is -3.91. The predicted molar refractivity (Wildman–Crippen MR) is 108 cm³/mol. The van der Waals surface area contributed by atoms with E-state index in [-0.39, 0.29) is 10.6 Å². The molecule has 0 aromatic heterocycles. The third-order valence-electron chi connectivity index (χ3n) is 4.29. The summed E-state index contributed by atoms with van der Waals surface area (Å²) in [5, 5.41) is 10.7. The molecule has 0 amide bonds. The number of sulfonamides is 1. The van der Waals surface area contributed by atoms with Gasteiger partial charge in [0.15, 0.2) is 0 Å². The first-order valence-electron chi connectivity index (χ1n) is 7.97. The first kappa shape index (κ1) is 20.1. The molecule has 1 heterocycles. The average molecular weight is 473 g/mol. The van der Waals surface area contributed by atoms with Crippen molar-refractivity contribution >= 4 is 43.4 Å². The molecule has 27 heavy (non-hydrogen) atoms. The van der Waals surface area contributed by atoms with Crippen LogP contribution in [0.1, 0.15) is 16.5 Å². The fraction of sp³-hybridized carbons (Fsp3) is 0.294. The zero-order valence-electron chi connectivity index (χ0n) is 14.6. The van der Waals surface area contributed by atoms with Gasteiger partial charge in [-0.05, 0) is 31.2 Å². The normalized spacial score (nSPS) is 17.8.